The number of carbonyl (C=O) groups excluding carboxylic acids is 2. The highest BCUT2D eigenvalue weighted by atomic mass is 16.4. The summed E-state index contributed by atoms with van der Waals surface area (Å²) in [7, 11) is 0. The van der Waals surface area contributed by atoms with E-state index in [0.717, 1.165) is 0 Å². The van der Waals surface area contributed by atoms with Crippen LogP contribution in [-0.4, -0.2) is 39.2 Å². The molecule has 0 aromatic heterocycles. The molecule has 0 bridgehead atoms. The highest BCUT2D eigenvalue weighted by Crippen LogP contribution is 2.29. The lowest BCUT2D eigenvalue weighted by Gasteiger charge is -2.41. The number of hydrogen-bond acceptors (Lipinski definition) is 4. The number of rotatable bonds is 4. The molecule has 0 fully saturated rings. The molecule has 0 aliphatic carbocycles. The van der Waals surface area contributed by atoms with Crippen molar-refractivity contribution in [3.63, 3.8) is 0 Å². The summed E-state index contributed by atoms with van der Waals surface area (Å²) in [4.78, 5) is 41.1. The molecule has 7 heteroatoms. The second-order valence-electron chi connectivity index (χ2n) is 6.11. The van der Waals surface area contributed by atoms with Gasteiger partial charge in [0.15, 0.2) is 0 Å². The Bertz CT molecular complexity index is 823. The highest BCUT2D eigenvalue weighted by Gasteiger charge is 2.45. The maximum absolute atomic E-state index is 12.8. The molecule has 1 atom stereocenters. The minimum atomic E-state index is -1.09. The highest BCUT2D eigenvalue weighted by molar-refractivity contribution is 6.11. The third-order valence-corrected chi connectivity index (χ3v) is 4.16. The van der Waals surface area contributed by atoms with Crippen molar-refractivity contribution in [2.24, 2.45) is 4.99 Å². The van der Waals surface area contributed by atoms with Crippen LogP contribution in [-0.2, 0) is 20.8 Å². The van der Waals surface area contributed by atoms with Crippen LogP contribution < -0.4 is 5.32 Å². The lowest BCUT2D eigenvalue weighted by molar-refractivity contribution is -0.136. The summed E-state index contributed by atoms with van der Waals surface area (Å²) < 4.78 is 0. The molecule has 25 heavy (non-hydrogen) atoms. The fourth-order valence-corrected chi connectivity index (χ4v) is 2.83. The maximum atomic E-state index is 12.8. The number of amidine groups is 1. The van der Waals surface area contributed by atoms with Gasteiger partial charge >= 0.3 is 5.97 Å². The molecule has 128 valence electrons. The molecule has 2 N–H and O–H groups in total. The van der Waals surface area contributed by atoms with Gasteiger partial charge < -0.3 is 15.3 Å². The van der Waals surface area contributed by atoms with E-state index in [1.807, 2.05) is 0 Å². The van der Waals surface area contributed by atoms with Crippen molar-refractivity contribution in [2.75, 3.05) is 5.32 Å². The van der Waals surface area contributed by atoms with Gasteiger partial charge in [0.1, 0.15) is 11.4 Å². The zero-order chi connectivity index (χ0) is 18.0. The minimum absolute atomic E-state index is 0.0301. The van der Waals surface area contributed by atoms with Crippen molar-refractivity contribution in [1.29, 1.82) is 0 Å². The van der Waals surface area contributed by atoms with Crippen molar-refractivity contribution < 1.29 is 19.5 Å². The third-order valence-electron chi connectivity index (χ3n) is 4.16. The van der Waals surface area contributed by atoms with E-state index in [1.165, 1.54) is 0 Å². The lowest BCUT2D eigenvalue weighted by atomic mass is 9.91. The Hall–Kier alpha value is -3.22. The van der Waals surface area contributed by atoms with E-state index in [2.05, 4.69) is 10.3 Å². The van der Waals surface area contributed by atoms with Gasteiger partial charge in [0.05, 0.1) is 12.8 Å². The van der Waals surface area contributed by atoms with Gasteiger partial charge in [-0.05, 0) is 36.8 Å². The molecule has 7 nitrogen and oxygen atoms in total. The third kappa shape index (κ3) is 3.35. The van der Waals surface area contributed by atoms with Crippen LogP contribution in [0.3, 0.4) is 0 Å². The molecule has 0 saturated carbocycles. The lowest BCUT2D eigenvalue weighted by Crippen LogP contribution is -2.58. The van der Waals surface area contributed by atoms with Crippen molar-refractivity contribution in [3.05, 3.63) is 54.3 Å². The molecular weight excluding hydrogens is 322 g/mol. The number of nitrogens with zero attached hydrogens (tertiary/aromatic N) is 2. The monoisotopic (exact) mass is 339 g/mol. The van der Waals surface area contributed by atoms with Crippen LogP contribution >= 0.6 is 0 Å². The van der Waals surface area contributed by atoms with Crippen molar-refractivity contribution in [3.8, 4) is 0 Å². The van der Waals surface area contributed by atoms with E-state index in [-0.39, 0.29) is 24.7 Å². The number of nitrogens with one attached hydrogen (secondary N) is 1. The van der Waals surface area contributed by atoms with Gasteiger partial charge in [-0.2, -0.15) is 4.99 Å². The number of anilines is 1. The number of carbonyl (C=O) groups is 3. The summed E-state index contributed by atoms with van der Waals surface area (Å²) in [6.07, 6.45) is 6.83. The Balaban J connectivity index is 1.79. The summed E-state index contributed by atoms with van der Waals surface area (Å²) in [5.74, 6) is -1.16. The molecule has 1 aromatic rings. The minimum Gasteiger partial charge on any atom is -0.481 e. The van der Waals surface area contributed by atoms with E-state index in [9.17, 15) is 14.4 Å². The van der Waals surface area contributed by atoms with Crippen LogP contribution in [0.2, 0.25) is 0 Å². The number of aliphatic imine (C=N–C) groups is 1. The Morgan fingerprint density at radius 1 is 1.28 bits per heavy atom. The van der Waals surface area contributed by atoms with Crippen LogP contribution in [0.5, 0.6) is 0 Å². The molecule has 0 spiro atoms. The Labute approximate surface area is 144 Å². The van der Waals surface area contributed by atoms with Gasteiger partial charge in [0, 0.05) is 11.9 Å². The molecule has 2 aliphatic rings. The van der Waals surface area contributed by atoms with E-state index >= 15 is 0 Å². The normalized spacial score (nSPS) is 21.6. The molecule has 0 saturated heterocycles. The second-order valence-corrected chi connectivity index (χ2v) is 6.11. The van der Waals surface area contributed by atoms with Crippen LogP contribution in [0.1, 0.15) is 18.9 Å². The Morgan fingerprint density at radius 2 is 2.00 bits per heavy atom. The quantitative estimate of drug-likeness (QED) is 0.870. The standard InChI is InChI=1S/C18H17N3O4/c1-18(11-15(22)20-14-4-2-3-9-21(14)18)17(25)19-13-7-5-12(6-8-13)10-16(23)24/h2-9H,10-11H2,1H3,(H,19,25)(H,23,24). The van der Waals surface area contributed by atoms with Crippen LogP contribution in [0.4, 0.5) is 5.69 Å². The molecule has 2 aliphatic heterocycles. The summed E-state index contributed by atoms with van der Waals surface area (Å²) in [5.41, 5.74) is 0.0892. The number of aliphatic carboxylic acids is 1. The molecule has 2 amide bonds. The first-order valence-corrected chi connectivity index (χ1v) is 7.76. The average Bonchev–Trinajstić information content (AvgIpc) is 2.56. The Kier molecular flexibility index (Phi) is 4.22. The Morgan fingerprint density at radius 3 is 2.68 bits per heavy atom. The van der Waals surface area contributed by atoms with Crippen LogP contribution in [0.25, 0.3) is 0 Å². The van der Waals surface area contributed by atoms with Gasteiger partial charge in [-0.1, -0.05) is 18.2 Å². The fraction of sp³-hybridized carbons (Fsp3) is 0.222. The summed E-state index contributed by atoms with van der Waals surface area (Å²) in [6, 6.07) is 6.58. The van der Waals surface area contributed by atoms with Crippen LogP contribution in [0.15, 0.2) is 53.7 Å². The van der Waals surface area contributed by atoms with Gasteiger partial charge in [0.2, 0.25) is 0 Å². The summed E-state index contributed by atoms with van der Waals surface area (Å²) in [5, 5.41) is 11.6. The molecule has 3 rings (SSSR count). The number of benzene rings is 1. The van der Waals surface area contributed by atoms with Crippen molar-refractivity contribution >= 4 is 29.3 Å². The van der Waals surface area contributed by atoms with E-state index in [1.54, 1.807) is 60.5 Å². The van der Waals surface area contributed by atoms with Gasteiger partial charge in [-0.3, -0.25) is 14.4 Å². The fourth-order valence-electron chi connectivity index (χ4n) is 2.83. The number of amides is 2. The zero-order valence-corrected chi connectivity index (χ0v) is 13.6. The van der Waals surface area contributed by atoms with E-state index < -0.39 is 11.5 Å². The molecule has 1 aromatic carbocycles. The molecule has 0 radical (unpaired) electrons. The van der Waals surface area contributed by atoms with Gasteiger partial charge in [-0.15, -0.1) is 0 Å². The zero-order valence-electron chi connectivity index (χ0n) is 13.6. The largest absolute Gasteiger partial charge is 0.481 e. The van der Waals surface area contributed by atoms with E-state index in [4.69, 9.17) is 5.11 Å². The first-order valence-electron chi connectivity index (χ1n) is 7.76. The number of allylic oxidation sites excluding steroid dienone is 2. The predicted octanol–water partition coefficient (Wildman–Crippen LogP) is 1.73. The number of fused-ring (bicyclic) bond motifs is 1. The number of carboxylic acids is 1. The smallest absolute Gasteiger partial charge is 0.307 e. The van der Waals surface area contributed by atoms with Crippen molar-refractivity contribution in [2.45, 2.75) is 25.3 Å². The second kappa shape index (κ2) is 6.35. The average molecular weight is 339 g/mol. The topological polar surface area (TPSA) is 99.1 Å². The van der Waals surface area contributed by atoms with E-state index in [0.29, 0.717) is 17.1 Å². The van der Waals surface area contributed by atoms with Gasteiger partial charge in [0.25, 0.3) is 11.8 Å². The number of carboxylic acid groups (broad SMARTS) is 1. The van der Waals surface area contributed by atoms with Crippen LogP contribution in [0, 0.1) is 0 Å². The molecular formula is C18H17N3O4. The maximum Gasteiger partial charge on any atom is 0.307 e. The first-order chi connectivity index (χ1) is 11.9. The molecule has 2 heterocycles. The summed E-state index contributed by atoms with van der Waals surface area (Å²) >= 11 is 0. The van der Waals surface area contributed by atoms with Crippen molar-refractivity contribution in [1.82, 2.24) is 4.90 Å². The first kappa shape index (κ1) is 16.6. The summed E-state index contributed by atoms with van der Waals surface area (Å²) in [6.45, 7) is 1.69. The molecule has 1 unspecified atom stereocenters. The predicted molar refractivity (Wildman–Crippen MR) is 92.0 cm³/mol. The SMILES string of the molecule is CC1(C(=O)Nc2ccc(CC(=O)O)cc2)CC(=O)N=C2C=CC=CN21. The van der Waals surface area contributed by atoms with Gasteiger partial charge in [-0.25, -0.2) is 0 Å². The number of hydrogen-bond donors (Lipinski definition) is 2.